The van der Waals surface area contributed by atoms with Gasteiger partial charge < -0.3 is 5.32 Å². The van der Waals surface area contributed by atoms with Crippen LogP contribution in [-0.4, -0.2) is 11.2 Å². The van der Waals surface area contributed by atoms with Gasteiger partial charge in [0.1, 0.15) is 0 Å². The van der Waals surface area contributed by atoms with Gasteiger partial charge in [-0.05, 0) is 49.5 Å². The van der Waals surface area contributed by atoms with Crippen LogP contribution in [0.3, 0.4) is 0 Å². The molecule has 3 rings (SSSR count). The van der Waals surface area contributed by atoms with Crippen molar-refractivity contribution in [1.82, 2.24) is 5.32 Å². The van der Waals surface area contributed by atoms with Crippen LogP contribution in [0.25, 0.3) is 0 Å². The van der Waals surface area contributed by atoms with Crippen LogP contribution in [0.2, 0.25) is 0 Å². The van der Waals surface area contributed by atoms with Gasteiger partial charge in [0.05, 0.1) is 5.54 Å². The lowest BCUT2D eigenvalue weighted by Gasteiger charge is -2.31. The van der Waals surface area contributed by atoms with Gasteiger partial charge in [-0.15, -0.1) is 0 Å². The summed E-state index contributed by atoms with van der Waals surface area (Å²) in [6, 6.07) is 10.2. The molecule has 114 valence electrons. The first-order valence-corrected chi connectivity index (χ1v) is 9.15. The number of carbonyl (C=O) groups excluding carboxylic acids is 1. The predicted octanol–water partition coefficient (Wildman–Crippen LogP) is 4.24. The van der Waals surface area contributed by atoms with Crippen molar-refractivity contribution in [3.05, 3.63) is 35.9 Å². The predicted molar refractivity (Wildman–Crippen MR) is 89.3 cm³/mol. The quantitative estimate of drug-likeness (QED) is 0.791. The molecule has 2 nitrogen and oxygen atoms in total. The van der Waals surface area contributed by atoms with E-state index in [0.29, 0.717) is 12.3 Å². The number of rotatable bonds is 5. The fourth-order valence-electron chi connectivity index (χ4n) is 4.21. The van der Waals surface area contributed by atoms with Gasteiger partial charge in [-0.25, -0.2) is 0 Å². The summed E-state index contributed by atoms with van der Waals surface area (Å²) >= 11 is 3.57. The van der Waals surface area contributed by atoms with Crippen molar-refractivity contribution < 1.29 is 4.79 Å². The largest absolute Gasteiger partial charge is 0.346 e. The minimum Gasteiger partial charge on any atom is -0.346 e. The van der Waals surface area contributed by atoms with E-state index in [9.17, 15) is 4.79 Å². The van der Waals surface area contributed by atoms with Crippen LogP contribution >= 0.6 is 15.9 Å². The Hall–Kier alpha value is -0.830. The fourth-order valence-corrected chi connectivity index (χ4v) is 4.68. The first kappa shape index (κ1) is 15.1. The van der Waals surface area contributed by atoms with Crippen molar-refractivity contribution in [3.8, 4) is 0 Å². The van der Waals surface area contributed by atoms with E-state index in [1.54, 1.807) is 0 Å². The third-order valence-electron chi connectivity index (χ3n) is 5.43. The minimum absolute atomic E-state index is 0.207. The van der Waals surface area contributed by atoms with Crippen molar-refractivity contribution in [1.29, 1.82) is 0 Å². The molecule has 0 heterocycles. The molecule has 1 amide bonds. The van der Waals surface area contributed by atoms with Gasteiger partial charge >= 0.3 is 0 Å². The summed E-state index contributed by atoms with van der Waals surface area (Å²) in [6.07, 6.45) is 6.08. The molecule has 0 aromatic heterocycles. The van der Waals surface area contributed by atoms with Gasteiger partial charge in [-0.2, -0.15) is 0 Å². The lowest BCUT2D eigenvalue weighted by Crippen LogP contribution is -2.45. The standard InChI is InChI=1S/C18H24BrNO/c1-18(12-19,16-5-3-2-4-6-16)20-17(21)11-15-10-13-7-8-14(15)9-13/h2-6,13-15H,7-12H2,1H3,(H,20,21). The zero-order valence-corrected chi connectivity index (χ0v) is 14.2. The van der Waals surface area contributed by atoms with E-state index in [2.05, 4.69) is 40.3 Å². The molecule has 2 aliphatic rings. The Morgan fingerprint density at radius 3 is 2.62 bits per heavy atom. The fraction of sp³-hybridized carbons (Fsp3) is 0.611. The minimum atomic E-state index is -0.323. The van der Waals surface area contributed by atoms with Crippen LogP contribution in [0.15, 0.2) is 30.3 Å². The summed E-state index contributed by atoms with van der Waals surface area (Å²) in [5.74, 6) is 2.55. The van der Waals surface area contributed by atoms with Crippen LogP contribution in [0, 0.1) is 17.8 Å². The van der Waals surface area contributed by atoms with Gasteiger partial charge in [-0.1, -0.05) is 52.7 Å². The molecular formula is C18H24BrNO. The van der Waals surface area contributed by atoms with E-state index in [0.717, 1.165) is 22.7 Å². The maximum Gasteiger partial charge on any atom is 0.220 e. The first-order chi connectivity index (χ1) is 10.1. The Morgan fingerprint density at radius 2 is 2.05 bits per heavy atom. The second kappa shape index (κ2) is 6.12. The Balaban J connectivity index is 1.62. The summed E-state index contributed by atoms with van der Waals surface area (Å²) in [5, 5.41) is 3.99. The monoisotopic (exact) mass is 349 g/mol. The molecule has 4 unspecified atom stereocenters. The zero-order valence-electron chi connectivity index (χ0n) is 12.6. The molecular weight excluding hydrogens is 326 g/mol. The molecule has 2 saturated carbocycles. The summed E-state index contributed by atoms with van der Waals surface area (Å²) in [4.78, 5) is 12.5. The number of alkyl halides is 1. The average molecular weight is 350 g/mol. The number of amides is 1. The third-order valence-corrected chi connectivity index (χ3v) is 6.55. The number of hydrogen-bond donors (Lipinski definition) is 1. The van der Waals surface area contributed by atoms with E-state index in [1.165, 1.54) is 25.7 Å². The van der Waals surface area contributed by atoms with Crippen LogP contribution in [0.5, 0.6) is 0 Å². The summed E-state index contributed by atoms with van der Waals surface area (Å²) in [7, 11) is 0. The molecule has 1 N–H and O–H groups in total. The van der Waals surface area contributed by atoms with E-state index in [-0.39, 0.29) is 11.4 Å². The number of nitrogens with one attached hydrogen (secondary N) is 1. The van der Waals surface area contributed by atoms with Crippen molar-refractivity contribution in [2.45, 2.75) is 44.6 Å². The van der Waals surface area contributed by atoms with Crippen LogP contribution in [-0.2, 0) is 10.3 Å². The number of hydrogen-bond acceptors (Lipinski definition) is 1. The Labute approximate surface area is 135 Å². The Morgan fingerprint density at radius 1 is 1.29 bits per heavy atom. The lowest BCUT2D eigenvalue weighted by molar-refractivity contribution is -0.124. The van der Waals surface area contributed by atoms with Gasteiger partial charge in [0, 0.05) is 11.8 Å². The maximum atomic E-state index is 12.5. The highest BCUT2D eigenvalue weighted by Gasteiger charge is 2.40. The highest BCUT2D eigenvalue weighted by molar-refractivity contribution is 9.09. The zero-order chi connectivity index (χ0) is 14.9. The molecule has 2 fully saturated rings. The molecule has 0 saturated heterocycles. The molecule has 2 aliphatic carbocycles. The molecule has 0 aliphatic heterocycles. The SMILES string of the molecule is CC(CBr)(NC(=O)CC1CC2CCC1C2)c1ccccc1. The molecule has 2 bridgehead atoms. The first-order valence-electron chi connectivity index (χ1n) is 8.03. The maximum absolute atomic E-state index is 12.5. The smallest absolute Gasteiger partial charge is 0.220 e. The molecule has 1 aromatic rings. The average Bonchev–Trinajstić information content (AvgIpc) is 3.10. The number of halogens is 1. The summed E-state index contributed by atoms with van der Waals surface area (Å²) < 4.78 is 0. The van der Waals surface area contributed by atoms with Gasteiger partial charge in [-0.3, -0.25) is 4.79 Å². The number of fused-ring (bicyclic) bond motifs is 2. The molecule has 21 heavy (non-hydrogen) atoms. The van der Waals surface area contributed by atoms with Crippen molar-refractivity contribution in [3.63, 3.8) is 0 Å². The Kier molecular flexibility index (Phi) is 4.39. The second-order valence-corrected chi connectivity index (χ2v) is 7.58. The van der Waals surface area contributed by atoms with Crippen LogP contribution in [0.1, 0.15) is 44.6 Å². The van der Waals surface area contributed by atoms with Crippen LogP contribution in [0.4, 0.5) is 0 Å². The molecule has 0 spiro atoms. The highest BCUT2D eigenvalue weighted by atomic mass is 79.9. The van der Waals surface area contributed by atoms with Crippen molar-refractivity contribution >= 4 is 21.8 Å². The molecule has 3 heteroatoms. The third kappa shape index (κ3) is 3.18. The van der Waals surface area contributed by atoms with Crippen molar-refractivity contribution in [2.75, 3.05) is 5.33 Å². The van der Waals surface area contributed by atoms with Crippen LogP contribution < -0.4 is 5.32 Å². The normalized spacial score (nSPS) is 30.1. The van der Waals surface area contributed by atoms with Crippen molar-refractivity contribution in [2.24, 2.45) is 17.8 Å². The van der Waals surface area contributed by atoms with Gasteiger partial charge in [0.15, 0.2) is 0 Å². The molecule has 0 radical (unpaired) electrons. The van der Waals surface area contributed by atoms with Gasteiger partial charge in [0.25, 0.3) is 0 Å². The van der Waals surface area contributed by atoms with E-state index < -0.39 is 0 Å². The topological polar surface area (TPSA) is 29.1 Å². The van der Waals surface area contributed by atoms with E-state index in [4.69, 9.17) is 0 Å². The van der Waals surface area contributed by atoms with E-state index in [1.807, 2.05) is 18.2 Å². The van der Waals surface area contributed by atoms with E-state index >= 15 is 0 Å². The summed E-state index contributed by atoms with van der Waals surface area (Å²) in [6.45, 7) is 2.09. The molecule has 1 aromatic carbocycles. The summed E-state index contributed by atoms with van der Waals surface area (Å²) in [5.41, 5.74) is 0.832. The number of carbonyl (C=O) groups is 1. The molecule has 4 atom stereocenters. The second-order valence-electron chi connectivity index (χ2n) is 7.02. The number of benzene rings is 1. The highest BCUT2D eigenvalue weighted by Crippen LogP contribution is 2.49. The Bertz CT molecular complexity index is 503. The van der Waals surface area contributed by atoms with Gasteiger partial charge in [0.2, 0.25) is 5.91 Å². The lowest BCUT2D eigenvalue weighted by atomic mass is 9.85.